The van der Waals surface area contributed by atoms with E-state index < -0.39 is 17.7 Å². The molecule has 0 amide bonds. The van der Waals surface area contributed by atoms with Gasteiger partial charge in [-0.25, -0.2) is 4.98 Å². The molecule has 0 atom stereocenters. The predicted octanol–water partition coefficient (Wildman–Crippen LogP) is 5.65. The van der Waals surface area contributed by atoms with Gasteiger partial charge in [-0.1, -0.05) is 18.2 Å². The minimum atomic E-state index is -4.37. The number of benzene rings is 2. The smallest absolute Gasteiger partial charge is 0.416 e. The summed E-state index contributed by atoms with van der Waals surface area (Å²) in [7, 11) is 0. The van der Waals surface area contributed by atoms with Crippen LogP contribution in [0.25, 0.3) is 10.6 Å². The molecule has 152 valence electrons. The molecule has 0 radical (unpaired) electrons. The Balaban J connectivity index is 1.74. The van der Waals surface area contributed by atoms with Gasteiger partial charge in [-0.15, -0.1) is 11.3 Å². The number of carboxylic acids is 1. The minimum absolute atomic E-state index is 0.0876. The summed E-state index contributed by atoms with van der Waals surface area (Å²) < 4.78 is 44.0. The summed E-state index contributed by atoms with van der Waals surface area (Å²) in [6.45, 7) is 3.91. The lowest BCUT2D eigenvalue weighted by molar-refractivity contribution is -0.138. The van der Waals surface area contributed by atoms with Crippen molar-refractivity contribution in [1.29, 1.82) is 0 Å². The third kappa shape index (κ3) is 5.35. The first kappa shape index (κ1) is 20.9. The Morgan fingerprint density at radius 3 is 2.45 bits per heavy atom. The molecule has 3 aromatic rings. The van der Waals surface area contributed by atoms with Crippen LogP contribution in [0, 0.1) is 13.8 Å². The number of ether oxygens (including phenoxy) is 1. The van der Waals surface area contributed by atoms with Crippen molar-refractivity contribution in [3.8, 4) is 16.3 Å². The number of aromatic nitrogens is 1. The van der Waals surface area contributed by atoms with Gasteiger partial charge in [0.25, 0.3) is 0 Å². The highest BCUT2D eigenvalue weighted by Gasteiger charge is 2.30. The maximum absolute atomic E-state index is 12.7. The molecular formula is C21H18F3NO3S. The molecule has 1 aromatic heterocycles. The summed E-state index contributed by atoms with van der Waals surface area (Å²) >= 11 is 1.35. The molecule has 0 saturated carbocycles. The molecule has 1 heterocycles. The summed E-state index contributed by atoms with van der Waals surface area (Å²) in [4.78, 5) is 16.2. The number of thiazole rings is 1. The van der Waals surface area contributed by atoms with Gasteiger partial charge in [-0.3, -0.25) is 4.79 Å². The highest BCUT2D eigenvalue weighted by molar-refractivity contribution is 7.15. The van der Waals surface area contributed by atoms with Crippen molar-refractivity contribution < 1.29 is 27.8 Å². The Kier molecular flexibility index (Phi) is 5.93. The van der Waals surface area contributed by atoms with Gasteiger partial charge in [-0.05, 0) is 49.2 Å². The quantitative estimate of drug-likeness (QED) is 0.559. The van der Waals surface area contributed by atoms with Crippen molar-refractivity contribution in [2.45, 2.75) is 33.1 Å². The van der Waals surface area contributed by atoms with E-state index in [4.69, 9.17) is 9.84 Å². The topological polar surface area (TPSA) is 59.4 Å². The third-order valence-electron chi connectivity index (χ3n) is 4.19. The maximum atomic E-state index is 12.7. The molecule has 0 spiro atoms. The standard InChI is InChI=1S/C21H18F3NO3S/c1-12-7-14(10-19(26)27)9-17(8-12)28-11-18-13(2)25-20(29-18)15-3-5-16(6-4-15)21(22,23)24/h3-9H,10-11H2,1-2H3,(H,26,27). The van der Waals surface area contributed by atoms with Crippen molar-refractivity contribution in [3.05, 3.63) is 69.7 Å². The first-order valence-electron chi connectivity index (χ1n) is 8.71. The lowest BCUT2D eigenvalue weighted by Gasteiger charge is -2.08. The van der Waals surface area contributed by atoms with Crippen molar-refractivity contribution in [3.63, 3.8) is 0 Å². The molecule has 0 aliphatic rings. The van der Waals surface area contributed by atoms with Gasteiger partial charge in [0, 0.05) is 5.56 Å². The fourth-order valence-electron chi connectivity index (χ4n) is 2.82. The number of hydrogen-bond donors (Lipinski definition) is 1. The van der Waals surface area contributed by atoms with Crippen molar-refractivity contribution >= 4 is 17.3 Å². The zero-order valence-electron chi connectivity index (χ0n) is 15.7. The van der Waals surface area contributed by atoms with E-state index in [0.717, 1.165) is 28.3 Å². The molecule has 3 rings (SSSR count). The Bertz CT molecular complexity index is 1030. The van der Waals surface area contributed by atoms with E-state index >= 15 is 0 Å². The monoisotopic (exact) mass is 421 g/mol. The number of rotatable bonds is 6. The zero-order valence-corrected chi connectivity index (χ0v) is 16.5. The number of alkyl halides is 3. The van der Waals surface area contributed by atoms with E-state index in [1.54, 1.807) is 12.1 Å². The highest BCUT2D eigenvalue weighted by atomic mass is 32.1. The van der Waals surface area contributed by atoms with Gasteiger partial charge in [0.05, 0.1) is 22.6 Å². The second-order valence-electron chi connectivity index (χ2n) is 6.62. The largest absolute Gasteiger partial charge is 0.488 e. The summed E-state index contributed by atoms with van der Waals surface area (Å²) in [5.74, 6) is -0.355. The van der Waals surface area contributed by atoms with E-state index in [1.807, 2.05) is 19.9 Å². The molecule has 0 bridgehead atoms. The number of aryl methyl sites for hydroxylation is 2. The Hall–Kier alpha value is -2.87. The van der Waals surface area contributed by atoms with Crippen LogP contribution in [0.15, 0.2) is 42.5 Å². The van der Waals surface area contributed by atoms with E-state index in [2.05, 4.69) is 4.98 Å². The number of aliphatic carboxylic acids is 1. The third-order valence-corrected chi connectivity index (χ3v) is 5.37. The van der Waals surface area contributed by atoms with Crippen LogP contribution in [0.5, 0.6) is 5.75 Å². The fraction of sp³-hybridized carbons (Fsp3) is 0.238. The Labute approximate surface area is 169 Å². The molecule has 0 saturated heterocycles. The average Bonchev–Trinajstić information content (AvgIpc) is 2.99. The van der Waals surface area contributed by atoms with Crippen LogP contribution in [0.2, 0.25) is 0 Å². The molecule has 0 aliphatic heterocycles. The number of nitrogens with zero attached hydrogens (tertiary/aromatic N) is 1. The molecule has 8 heteroatoms. The summed E-state index contributed by atoms with van der Waals surface area (Å²) in [5.41, 5.74) is 2.19. The van der Waals surface area contributed by atoms with E-state index in [9.17, 15) is 18.0 Å². The number of carboxylic acid groups (broad SMARTS) is 1. The number of carbonyl (C=O) groups is 1. The van der Waals surface area contributed by atoms with Gasteiger partial charge in [0.2, 0.25) is 0 Å². The summed E-state index contributed by atoms with van der Waals surface area (Å²) in [5, 5.41) is 9.57. The molecular weight excluding hydrogens is 403 g/mol. The minimum Gasteiger partial charge on any atom is -0.488 e. The van der Waals surface area contributed by atoms with Crippen LogP contribution in [-0.4, -0.2) is 16.1 Å². The van der Waals surface area contributed by atoms with E-state index in [-0.39, 0.29) is 13.0 Å². The molecule has 0 aliphatic carbocycles. The van der Waals surface area contributed by atoms with E-state index in [0.29, 0.717) is 21.9 Å². The normalized spacial score (nSPS) is 11.5. The van der Waals surface area contributed by atoms with Crippen LogP contribution >= 0.6 is 11.3 Å². The van der Waals surface area contributed by atoms with Gasteiger partial charge < -0.3 is 9.84 Å². The lowest BCUT2D eigenvalue weighted by atomic mass is 10.1. The van der Waals surface area contributed by atoms with Gasteiger partial charge in [-0.2, -0.15) is 13.2 Å². The zero-order chi connectivity index (χ0) is 21.2. The van der Waals surface area contributed by atoms with E-state index in [1.165, 1.54) is 23.5 Å². The van der Waals surface area contributed by atoms with Gasteiger partial charge >= 0.3 is 12.1 Å². The molecule has 0 unspecified atom stereocenters. The molecule has 4 nitrogen and oxygen atoms in total. The average molecular weight is 421 g/mol. The lowest BCUT2D eigenvalue weighted by Crippen LogP contribution is -2.03. The second-order valence-corrected chi connectivity index (χ2v) is 7.70. The summed E-state index contributed by atoms with van der Waals surface area (Å²) in [6, 6.07) is 10.2. The Morgan fingerprint density at radius 2 is 1.83 bits per heavy atom. The first-order chi connectivity index (χ1) is 13.6. The second kappa shape index (κ2) is 8.24. The maximum Gasteiger partial charge on any atom is 0.416 e. The van der Waals surface area contributed by atoms with Crippen LogP contribution in [0.1, 0.15) is 27.3 Å². The Morgan fingerprint density at radius 1 is 1.14 bits per heavy atom. The highest BCUT2D eigenvalue weighted by Crippen LogP contribution is 2.33. The predicted molar refractivity (Wildman–Crippen MR) is 104 cm³/mol. The van der Waals surface area contributed by atoms with Gasteiger partial charge in [0.1, 0.15) is 17.4 Å². The molecule has 2 aromatic carbocycles. The van der Waals surface area contributed by atoms with Crippen LogP contribution < -0.4 is 4.74 Å². The SMILES string of the molecule is Cc1cc(CC(=O)O)cc(OCc2sc(-c3ccc(C(F)(F)F)cc3)nc2C)c1. The number of hydrogen-bond acceptors (Lipinski definition) is 4. The first-order valence-corrected chi connectivity index (χ1v) is 9.52. The van der Waals surface area contributed by atoms with Gasteiger partial charge in [0.15, 0.2) is 0 Å². The molecule has 29 heavy (non-hydrogen) atoms. The number of halogens is 3. The van der Waals surface area contributed by atoms with Crippen molar-refractivity contribution in [2.24, 2.45) is 0 Å². The van der Waals surface area contributed by atoms with Crippen LogP contribution in [0.3, 0.4) is 0 Å². The molecule has 0 fully saturated rings. The fourth-order valence-corrected chi connectivity index (χ4v) is 3.80. The molecule has 1 N–H and O–H groups in total. The van der Waals surface area contributed by atoms with Crippen LogP contribution in [-0.2, 0) is 24.0 Å². The van der Waals surface area contributed by atoms with Crippen molar-refractivity contribution in [1.82, 2.24) is 4.98 Å². The van der Waals surface area contributed by atoms with Crippen molar-refractivity contribution in [2.75, 3.05) is 0 Å². The van der Waals surface area contributed by atoms with Crippen LogP contribution in [0.4, 0.5) is 13.2 Å². The summed E-state index contributed by atoms with van der Waals surface area (Å²) in [6.07, 6.45) is -4.46.